The summed E-state index contributed by atoms with van der Waals surface area (Å²) in [6, 6.07) is 3.16. The van der Waals surface area contributed by atoms with Gasteiger partial charge in [0.05, 0.1) is 11.3 Å². The van der Waals surface area contributed by atoms with E-state index in [-0.39, 0.29) is 5.69 Å². The number of rotatable bonds is 0. The zero-order valence-corrected chi connectivity index (χ0v) is 6.76. The summed E-state index contributed by atoms with van der Waals surface area (Å²) in [5, 5.41) is 17.4. The molecule has 1 aromatic carbocycles. The fraction of sp³-hybridized carbons (Fsp3) is 0.125. The first-order valence-electron chi connectivity index (χ1n) is 3.46. The number of benzene rings is 1. The lowest BCUT2D eigenvalue weighted by atomic mass is 10.1. The number of nitrogens with two attached hydrogens (primary N) is 1. The third-order valence-corrected chi connectivity index (χ3v) is 1.61. The summed E-state index contributed by atoms with van der Waals surface area (Å²) in [6.45, 7) is 0. The van der Waals surface area contributed by atoms with Gasteiger partial charge in [0.1, 0.15) is 17.4 Å². The summed E-state index contributed by atoms with van der Waals surface area (Å²) >= 11 is 0. The van der Waals surface area contributed by atoms with Gasteiger partial charge in [-0.05, 0) is 12.1 Å². The molecular weight excluding hydrogens is 197 g/mol. The smallest absolute Gasteiger partial charge is 0.421 e. The van der Waals surface area contributed by atoms with Crippen molar-refractivity contribution in [3.8, 4) is 11.8 Å². The molecule has 14 heavy (non-hydrogen) atoms. The molecule has 3 N–H and O–H groups in total. The van der Waals surface area contributed by atoms with Gasteiger partial charge in [-0.1, -0.05) is 0 Å². The number of anilines is 1. The number of nitrogen functional groups attached to an aromatic ring is 1. The first kappa shape index (κ1) is 10.2. The average molecular weight is 202 g/mol. The minimum Gasteiger partial charge on any atom is -0.507 e. The lowest BCUT2D eigenvalue weighted by Gasteiger charge is -2.11. The van der Waals surface area contributed by atoms with Crippen molar-refractivity contribution in [3.05, 3.63) is 23.3 Å². The van der Waals surface area contributed by atoms with Crippen LogP contribution in [0.15, 0.2) is 12.1 Å². The van der Waals surface area contributed by atoms with Crippen molar-refractivity contribution in [2.75, 3.05) is 5.73 Å². The van der Waals surface area contributed by atoms with E-state index in [0.717, 1.165) is 12.1 Å². The van der Waals surface area contributed by atoms with E-state index in [1.54, 1.807) is 0 Å². The molecule has 0 fully saturated rings. The first-order valence-corrected chi connectivity index (χ1v) is 3.46. The molecule has 0 aliphatic carbocycles. The maximum Gasteiger partial charge on any atom is 0.421 e. The summed E-state index contributed by atoms with van der Waals surface area (Å²) in [5.74, 6) is -0.997. The van der Waals surface area contributed by atoms with Crippen LogP contribution in [0.5, 0.6) is 5.75 Å². The van der Waals surface area contributed by atoms with Crippen LogP contribution in [0.4, 0.5) is 18.9 Å². The molecule has 1 aromatic rings. The number of alkyl halides is 3. The van der Waals surface area contributed by atoms with Crippen molar-refractivity contribution in [3.63, 3.8) is 0 Å². The first-order chi connectivity index (χ1) is 6.38. The van der Waals surface area contributed by atoms with Crippen LogP contribution in [0.25, 0.3) is 0 Å². The minimum absolute atomic E-state index is 0.308. The van der Waals surface area contributed by atoms with Gasteiger partial charge in [-0.25, -0.2) is 0 Å². The van der Waals surface area contributed by atoms with E-state index >= 15 is 0 Å². The second-order valence-corrected chi connectivity index (χ2v) is 2.53. The number of hydrogen-bond donors (Lipinski definition) is 2. The molecule has 0 unspecified atom stereocenters. The Labute approximate surface area is 77.2 Å². The molecule has 0 bridgehead atoms. The Morgan fingerprint density at radius 3 is 2.29 bits per heavy atom. The topological polar surface area (TPSA) is 70.0 Å². The summed E-state index contributed by atoms with van der Waals surface area (Å²) in [4.78, 5) is 0. The highest BCUT2D eigenvalue weighted by Crippen LogP contribution is 2.39. The predicted octanol–water partition coefficient (Wildman–Crippen LogP) is 1.86. The zero-order chi connectivity index (χ0) is 10.9. The van der Waals surface area contributed by atoms with Crippen molar-refractivity contribution in [1.82, 2.24) is 0 Å². The van der Waals surface area contributed by atoms with Gasteiger partial charge in [-0.2, -0.15) is 18.4 Å². The van der Waals surface area contributed by atoms with E-state index in [1.165, 1.54) is 6.07 Å². The SMILES string of the molecule is N#Cc1c(N)ccc(O)c1C(F)(F)F. The number of nitriles is 1. The molecule has 3 nitrogen and oxygen atoms in total. The van der Waals surface area contributed by atoms with Crippen LogP contribution in [-0.4, -0.2) is 5.11 Å². The normalized spacial score (nSPS) is 11.0. The molecular formula is C8H5F3N2O. The number of aromatic hydroxyl groups is 1. The van der Waals surface area contributed by atoms with Crippen LogP contribution in [0.1, 0.15) is 11.1 Å². The lowest BCUT2D eigenvalue weighted by molar-refractivity contribution is -0.138. The van der Waals surface area contributed by atoms with Gasteiger partial charge in [0.2, 0.25) is 0 Å². The Balaban J connectivity index is 3.56. The fourth-order valence-electron chi connectivity index (χ4n) is 1.02. The number of halogens is 3. The van der Waals surface area contributed by atoms with Crippen molar-refractivity contribution in [2.24, 2.45) is 0 Å². The zero-order valence-electron chi connectivity index (χ0n) is 6.76. The molecule has 0 saturated carbocycles. The number of nitrogens with zero attached hydrogens (tertiary/aromatic N) is 1. The highest BCUT2D eigenvalue weighted by atomic mass is 19.4. The quantitative estimate of drug-likeness (QED) is 0.498. The van der Waals surface area contributed by atoms with E-state index < -0.39 is 23.1 Å². The molecule has 0 heterocycles. The van der Waals surface area contributed by atoms with Gasteiger partial charge in [-0.3, -0.25) is 0 Å². The van der Waals surface area contributed by atoms with Gasteiger partial charge >= 0.3 is 6.18 Å². The van der Waals surface area contributed by atoms with Crippen LogP contribution in [0, 0.1) is 11.3 Å². The molecule has 0 aliphatic rings. The Kier molecular flexibility index (Phi) is 2.26. The van der Waals surface area contributed by atoms with Crippen LogP contribution < -0.4 is 5.73 Å². The fourth-order valence-corrected chi connectivity index (χ4v) is 1.02. The highest BCUT2D eigenvalue weighted by molar-refractivity contribution is 5.62. The highest BCUT2D eigenvalue weighted by Gasteiger charge is 2.37. The summed E-state index contributed by atoms with van der Waals surface area (Å²) in [7, 11) is 0. The molecule has 0 atom stereocenters. The Morgan fingerprint density at radius 2 is 1.93 bits per heavy atom. The second-order valence-electron chi connectivity index (χ2n) is 2.53. The maximum absolute atomic E-state index is 12.3. The summed E-state index contributed by atoms with van der Waals surface area (Å²) in [5.41, 5.74) is 2.71. The Hall–Kier alpha value is -1.90. The van der Waals surface area contributed by atoms with Crippen molar-refractivity contribution in [1.29, 1.82) is 5.26 Å². The van der Waals surface area contributed by atoms with Crippen molar-refractivity contribution in [2.45, 2.75) is 6.18 Å². The molecule has 0 spiro atoms. The summed E-state index contributed by atoms with van der Waals surface area (Å²) in [6.07, 6.45) is -4.79. The van der Waals surface area contributed by atoms with Gasteiger partial charge in [0.25, 0.3) is 0 Å². The standard InChI is InChI=1S/C8H5F3N2O/c9-8(10,11)7-4(3-12)5(13)1-2-6(7)14/h1-2,14H,13H2. The van der Waals surface area contributed by atoms with Crippen molar-refractivity contribution >= 4 is 5.69 Å². The lowest BCUT2D eigenvalue weighted by Crippen LogP contribution is -2.10. The third kappa shape index (κ3) is 1.57. The van der Waals surface area contributed by atoms with Crippen LogP contribution in [-0.2, 0) is 6.18 Å². The van der Waals surface area contributed by atoms with Gasteiger partial charge in [0, 0.05) is 0 Å². The van der Waals surface area contributed by atoms with Crippen molar-refractivity contribution < 1.29 is 18.3 Å². The minimum atomic E-state index is -4.79. The number of phenolic OH excluding ortho intramolecular Hbond substituents is 1. The van der Waals surface area contributed by atoms with Gasteiger partial charge in [-0.15, -0.1) is 0 Å². The van der Waals surface area contributed by atoms with E-state index in [0.29, 0.717) is 0 Å². The average Bonchev–Trinajstić information content (AvgIpc) is 2.06. The van der Waals surface area contributed by atoms with E-state index in [9.17, 15) is 13.2 Å². The maximum atomic E-state index is 12.3. The predicted molar refractivity (Wildman–Crippen MR) is 42.2 cm³/mol. The van der Waals surface area contributed by atoms with Gasteiger partial charge < -0.3 is 10.8 Å². The second kappa shape index (κ2) is 3.10. The monoisotopic (exact) mass is 202 g/mol. The molecule has 6 heteroatoms. The molecule has 0 aliphatic heterocycles. The Morgan fingerprint density at radius 1 is 1.36 bits per heavy atom. The van der Waals surface area contributed by atoms with Gasteiger partial charge in [0.15, 0.2) is 0 Å². The van der Waals surface area contributed by atoms with E-state index in [2.05, 4.69) is 0 Å². The van der Waals surface area contributed by atoms with E-state index in [1.807, 2.05) is 0 Å². The van der Waals surface area contributed by atoms with Crippen LogP contribution in [0.3, 0.4) is 0 Å². The Bertz CT molecular complexity index is 406. The largest absolute Gasteiger partial charge is 0.507 e. The van der Waals surface area contributed by atoms with E-state index in [4.69, 9.17) is 16.1 Å². The van der Waals surface area contributed by atoms with Crippen LogP contribution >= 0.6 is 0 Å². The number of hydrogen-bond acceptors (Lipinski definition) is 3. The molecule has 0 saturated heterocycles. The molecule has 0 amide bonds. The molecule has 74 valence electrons. The summed E-state index contributed by atoms with van der Waals surface area (Å²) < 4.78 is 36.9. The molecule has 0 radical (unpaired) electrons. The van der Waals surface area contributed by atoms with Crippen LogP contribution in [0.2, 0.25) is 0 Å². The third-order valence-electron chi connectivity index (χ3n) is 1.61. The molecule has 0 aromatic heterocycles. The molecule has 1 rings (SSSR count). The number of phenols is 1.